The summed E-state index contributed by atoms with van der Waals surface area (Å²) >= 11 is 7.29. The van der Waals surface area contributed by atoms with Gasteiger partial charge in [0.15, 0.2) is 0 Å². The molecule has 118 valence electrons. The van der Waals surface area contributed by atoms with Gasteiger partial charge in [0.2, 0.25) is 0 Å². The Labute approximate surface area is 139 Å². The lowest BCUT2D eigenvalue weighted by Crippen LogP contribution is -2.43. The van der Waals surface area contributed by atoms with Gasteiger partial charge in [0.25, 0.3) is 0 Å². The molecule has 22 heavy (non-hydrogen) atoms. The van der Waals surface area contributed by atoms with E-state index in [0.29, 0.717) is 11.6 Å². The number of aliphatic hydroxyl groups is 1. The standard InChI is InChI=1S/C16H19ClN2O2S/c1-16(21,14-3-2-10-22-14)11-19-15(20)18-9-8-12-4-6-13(17)7-5-12/h2-7,10,21H,8-9,11H2,1H3,(H2,18,19,20). The first kappa shape index (κ1) is 16.8. The Morgan fingerprint density at radius 1 is 1.27 bits per heavy atom. The zero-order valence-corrected chi connectivity index (χ0v) is 13.9. The van der Waals surface area contributed by atoms with Crippen molar-refractivity contribution >= 4 is 29.0 Å². The average molecular weight is 339 g/mol. The highest BCUT2D eigenvalue weighted by Crippen LogP contribution is 2.24. The Hall–Kier alpha value is -1.56. The van der Waals surface area contributed by atoms with Crippen LogP contribution >= 0.6 is 22.9 Å². The topological polar surface area (TPSA) is 61.4 Å². The van der Waals surface area contributed by atoms with Crippen LogP contribution in [0.2, 0.25) is 5.02 Å². The number of hydrogen-bond donors (Lipinski definition) is 3. The van der Waals surface area contributed by atoms with Gasteiger partial charge < -0.3 is 15.7 Å². The molecule has 1 atom stereocenters. The zero-order chi connectivity index (χ0) is 16.0. The minimum atomic E-state index is -1.05. The number of nitrogens with one attached hydrogen (secondary N) is 2. The number of carbonyl (C=O) groups excluding carboxylic acids is 1. The van der Waals surface area contributed by atoms with E-state index in [1.807, 2.05) is 41.8 Å². The number of rotatable bonds is 6. The molecular formula is C16H19ClN2O2S. The van der Waals surface area contributed by atoms with Gasteiger partial charge in [-0.15, -0.1) is 11.3 Å². The number of carbonyl (C=O) groups is 1. The molecule has 2 aromatic rings. The highest BCUT2D eigenvalue weighted by atomic mass is 35.5. The molecule has 1 heterocycles. The summed E-state index contributed by atoms with van der Waals surface area (Å²) in [5, 5.41) is 18.4. The molecule has 0 bridgehead atoms. The summed E-state index contributed by atoms with van der Waals surface area (Å²) in [6.45, 7) is 2.38. The van der Waals surface area contributed by atoms with Gasteiger partial charge in [0.1, 0.15) is 5.60 Å². The van der Waals surface area contributed by atoms with E-state index < -0.39 is 5.60 Å². The van der Waals surface area contributed by atoms with Crippen molar-refractivity contribution in [1.29, 1.82) is 0 Å². The van der Waals surface area contributed by atoms with Crippen LogP contribution in [0.3, 0.4) is 0 Å². The van der Waals surface area contributed by atoms with E-state index in [2.05, 4.69) is 10.6 Å². The van der Waals surface area contributed by atoms with Gasteiger partial charge in [0.05, 0.1) is 6.54 Å². The van der Waals surface area contributed by atoms with Crippen LogP contribution < -0.4 is 10.6 Å². The molecule has 4 nitrogen and oxygen atoms in total. The summed E-state index contributed by atoms with van der Waals surface area (Å²) in [5.41, 5.74) is 0.0529. The number of halogens is 1. The molecule has 2 amide bonds. The smallest absolute Gasteiger partial charge is 0.314 e. The third-order valence-corrected chi connectivity index (χ3v) is 4.63. The number of benzene rings is 1. The maximum Gasteiger partial charge on any atom is 0.314 e. The van der Waals surface area contributed by atoms with Gasteiger partial charge in [-0.1, -0.05) is 29.8 Å². The van der Waals surface area contributed by atoms with Crippen molar-refractivity contribution in [3.05, 3.63) is 57.2 Å². The molecule has 0 aliphatic carbocycles. The molecule has 3 N–H and O–H groups in total. The Morgan fingerprint density at radius 2 is 2.00 bits per heavy atom. The van der Waals surface area contributed by atoms with Crippen molar-refractivity contribution in [2.75, 3.05) is 13.1 Å². The van der Waals surface area contributed by atoms with Gasteiger partial charge in [-0.25, -0.2) is 4.79 Å². The molecule has 0 spiro atoms. The van der Waals surface area contributed by atoms with Gasteiger partial charge in [-0.05, 0) is 42.5 Å². The van der Waals surface area contributed by atoms with Crippen LogP contribution in [0.25, 0.3) is 0 Å². The normalized spacial score (nSPS) is 13.4. The molecule has 2 rings (SSSR count). The van der Waals surface area contributed by atoms with E-state index in [9.17, 15) is 9.90 Å². The first-order valence-electron chi connectivity index (χ1n) is 7.00. The van der Waals surface area contributed by atoms with Gasteiger partial charge >= 0.3 is 6.03 Å². The maximum atomic E-state index is 11.8. The lowest BCUT2D eigenvalue weighted by molar-refractivity contribution is 0.0631. The maximum absolute atomic E-state index is 11.8. The van der Waals surface area contributed by atoms with Crippen LogP contribution in [-0.4, -0.2) is 24.2 Å². The predicted molar refractivity (Wildman–Crippen MR) is 90.4 cm³/mol. The van der Waals surface area contributed by atoms with Gasteiger partial charge in [0, 0.05) is 16.4 Å². The van der Waals surface area contributed by atoms with Crippen molar-refractivity contribution < 1.29 is 9.90 Å². The van der Waals surface area contributed by atoms with E-state index >= 15 is 0 Å². The van der Waals surface area contributed by atoms with Crippen LogP contribution in [0.4, 0.5) is 4.79 Å². The highest BCUT2D eigenvalue weighted by molar-refractivity contribution is 7.10. The summed E-state index contributed by atoms with van der Waals surface area (Å²) < 4.78 is 0. The summed E-state index contributed by atoms with van der Waals surface area (Å²) in [6, 6.07) is 11.0. The van der Waals surface area contributed by atoms with Crippen molar-refractivity contribution in [2.45, 2.75) is 18.9 Å². The SMILES string of the molecule is CC(O)(CNC(=O)NCCc1ccc(Cl)cc1)c1cccs1. The molecule has 0 aliphatic heterocycles. The number of amides is 2. The van der Waals surface area contributed by atoms with Crippen LogP contribution in [-0.2, 0) is 12.0 Å². The van der Waals surface area contributed by atoms with Crippen LogP contribution in [0.15, 0.2) is 41.8 Å². The summed E-state index contributed by atoms with van der Waals surface area (Å²) in [4.78, 5) is 12.6. The Kier molecular flexibility index (Phi) is 5.83. The number of urea groups is 1. The molecular weight excluding hydrogens is 320 g/mol. The summed E-state index contributed by atoms with van der Waals surface area (Å²) in [5.74, 6) is 0. The fourth-order valence-electron chi connectivity index (χ4n) is 1.96. The monoisotopic (exact) mass is 338 g/mol. The van der Waals surface area contributed by atoms with Crippen molar-refractivity contribution in [2.24, 2.45) is 0 Å². The second-order valence-electron chi connectivity index (χ2n) is 5.24. The first-order chi connectivity index (χ1) is 10.5. The quantitative estimate of drug-likeness (QED) is 0.757. The number of hydrogen-bond acceptors (Lipinski definition) is 3. The lowest BCUT2D eigenvalue weighted by atomic mass is 10.1. The third-order valence-electron chi connectivity index (χ3n) is 3.26. The summed E-state index contributed by atoms with van der Waals surface area (Å²) in [6.07, 6.45) is 0.728. The Balaban J connectivity index is 1.71. The zero-order valence-electron chi connectivity index (χ0n) is 12.3. The minimum Gasteiger partial charge on any atom is -0.383 e. The fourth-order valence-corrected chi connectivity index (χ4v) is 2.87. The van der Waals surface area contributed by atoms with Gasteiger partial charge in [-0.2, -0.15) is 0 Å². The Bertz CT molecular complexity index is 597. The van der Waals surface area contributed by atoms with Crippen LogP contribution in [0.1, 0.15) is 17.4 Å². The predicted octanol–water partition coefficient (Wildman–Crippen LogP) is 3.15. The van der Waals surface area contributed by atoms with Crippen LogP contribution in [0, 0.1) is 0 Å². The molecule has 0 fully saturated rings. The summed E-state index contributed by atoms with van der Waals surface area (Å²) in [7, 11) is 0. The average Bonchev–Trinajstić information content (AvgIpc) is 3.02. The van der Waals surface area contributed by atoms with E-state index in [1.54, 1.807) is 6.92 Å². The second-order valence-corrected chi connectivity index (χ2v) is 6.62. The second kappa shape index (κ2) is 7.63. The first-order valence-corrected chi connectivity index (χ1v) is 8.26. The highest BCUT2D eigenvalue weighted by Gasteiger charge is 2.24. The van der Waals surface area contributed by atoms with E-state index in [0.717, 1.165) is 16.9 Å². The van der Waals surface area contributed by atoms with Crippen LogP contribution in [0.5, 0.6) is 0 Å². The lowest BCUT2D eigenvalue weighted by Gasteiger charge is -2.22. The molecule has 1 aromatic carbocycles. The molecule has 6 heteroatoms. The molecule has 1 unspecified atom stereocenters. The molecule has 0 saturated carbocycles. The van der Waals surface area contributed by atoms with Crippen molar-refractivity contribution in [3.63, 3.8) is 0 Å². The Morgan fingerprint density at radius 3 is 2.64 bits per heavy atom. The van der Waals surface area contributed by atoms with E-state index in [4.69, 9.17) is 11.6 Å². The van der Waals surface area contributed by atoms with E-state index in [1.165, 1.54) is 11.3 Å². The third kappa shape index (κ3) is 5.02. The molecule has 0 saturated heterocycles. The number of thiophene rings is 1. The molecule has 0 aliphatic rings. The van der Waals surface area contributed by atoms with E-state index in [-0.39, 0.29) is 12.6 Å². The van der Waals surface area contributed by atoms with Crippen molar-refractivity contribution in [1.82, 2.24) is 10.6 Å². The van der Waals surface area contributed by atoms with Crippen molar-refractivity contribution in [3.8, 4) is 0 Å². The molecule has 0 radical (unpaired) electrons. The van der Waals surface area contributed by atoms with Gasteiger partial charge in [-0.3, -0.25) is 0 Å². The largest absolute Gasteiger partial charge is 0.383 e. The fraction of sp³-hybridized carbons (Fsp3) is 0.312. The molecule has 1 aromatic heterocycles. The minimum absolute atomic E-state index is 0.167.